The van der Waals surface area contributed by atoms with Gasteiger partial charge in [-0.15, -0.1) is 0 Å². The lowest BCUT2D eigenvalue weighted by Crippen LogP contribution is -2.44. The normalized spacial score (nSPS) is 11.2. The summed E-state index contributed by atoms with van der Waals surface area (Å²) in [7, 11) is 3.49. The maximum Gasteiger partial charge on any atom is 0.317 e. The van der Waals surface area contributed by atoms with Crippen molar-refractivity contribution >= 4 is 12.0 Å². The van der Waals surface area contributed by atoms with Gasteiger partial charge in [0.25, 0.3) is 0 Å². The lowest BCUT2D eigenvalue weighted by molar-refractivity contribution is -0.146. The van der Waals surface area contributed by atoms with Crippen molar-refractivity contribution in [3.05, 3.63) is 18.2 Å². The molecule has 0 radical (unpaired) electrons. The molecule has 0 aliphatic rings. The molecule has 0 atom stereocenters. The van der Waals surface area contributed by atoms with Crippen molar-refractivity contribution < 1.29 is 14.7 Å². The second-order valence-corrected chi connectivity index (χ2v) is 5.16. The number of aryl methyl sites for hydroxylation is 1. The van der Waals surface area contributed by atoms with Crippen molar-refractivity contribution in [2.75, 3.05) is 13.6 Å². The number of carboxylic acids is 1. The highest BCUT2D eigenvalue weighted by atomic mass is 16.4. The second kappa shape index (κ2) is 5.73. The first-order chi connectivity index (χ1) is 8.74. The number of hydrogen-bond acceptors (Lipinski definition) is 3. The largest absolute Gasteiger partial charge is 0.481 e. The number of hydrogen-bond donors (Lipinski definition) is 2. The summed E-state index contributed by atoms with van der Waals surface area (Å²) in [4.78, 5) is 28.3. The minimum Gasteiger partial charge on any atom is -0.481 e. The number of carbonyl (C=O) groups excluding carboxylic acids is 1. The predicted molar refractivity (Wildman–Crippen MR) is 69.5 cm³/mol. The molecule has 0 aromatic carbocycles. The highest BCUT2D eigenvalue weighted by Crippen LogP contribution is 2.13. The Bertz CT molecular complexity index is 467. The van der Waals surface area contributed by atoms with E-state index in [-0.39, 0.29) is 12.6 Å². The Hall–Kier alpha value is -2.05. The third-order valence-electron chi connectivity index (χ3n) is 2.91. The molecule has 0 aliphatic heterocycles. The van der Waals surface area contributed by atoms with Crippen molar-refractivity contribution in [1.29, 1.82) is 0 Å². The van der Waals surface area contributed by atoms with Gasteiger partial charge >= 0.3 is 12.0 Å². The van der Waals surface area contributed by atoms with Crippen molar-refractivity contribution in [3.63, 3.8) is 0 Å². The predicted octanol–water partition coefficient (Wildman–Crippen LogP) is 0.672. The third kappa shape index (κ3) is 3.97. The number of nitrogens with zero attached hydrogens (tertiary/aromatic N) is 3. The van der Waals surface area contributed by atoms with E-state index in [9.17, 15) is 9.59 Å². The Balaban J connectivity index is 2.50. The Labute approximate surface area is 112 Å². The third-order valence-corrected chi connectivity index (χ3v) is 2.91. The Kier molecular flexibility index (Phi) is 4.52. The average molecular weight is 268 g/mol. The van der Waals surface area contributed by atoms with Gasteiger partial charge in [0.1, 0.15) is 5.82 Å². The Morgan fingerprint density at radius 3 is 2.63 bits per heavy atom. The van der Waals surface area contributed by atoms with Gasteiger partial charge in [-0.25, -0.2) is 9.78 Å². The van der Waals surface area contributed by atoms with Gasteiger partial charge in [0.15, 0.2) is 0 Å². The van der Waals surface area contributed by atoms with Crippen LogP contribution >= 0.6 is 0 Å². The molecule has 0 spiro atoms. The van der Waals surface area contributed by atoms with E-state index in [1.807, 2.05) is 11.6 Å². The molecule has 0 bridgehead atoms. The average Bonchev–Trinajstić information content (AvgIpc) is 2.71. The number of carbonyl (C=O) groups is 2. The maximum atomic E-state index is 11.8. The van der Waals surface area contributed by atoms with Crippen molar-refractivity contribution in [1.82, 2.24) is 19.8 Å². The van der Waals surface area contributed by atoms with E-state index < -0.39 is 11.4 Å². The zero-order valence-corrected chi connectivity index (χ0v) is 11.7. The molecule has 1 aromatic rings. The van der Waals surface area contributed by atoms with Crippen LogP contribution in [0.3, 0.4) is 0 Å². The zero-order chi connectivity index (χ0) is 14.6. The minimum absolute atomic E-state index is 0.0755. The number of imidazole rings is 1. The first-order valence-corrected chi connectivity index (χ1v) is 5.92. The number of rotatable bonds is 5. The molecule has 19 heavy (non-hydrogen) atoms. The summed E-state index contributed by atoms with van der Waals surface area (Å²) in [5, 5.41) is 11.6. The minimum atomic E-state index is -0.986. The molecule has 0 unspecified atom stereocenters. The standard InChI is InChI=1S/C12H20N4O3/c1-12(2,10(17)18)8-14-11(19)16(4)7-9-13-5-6-15(9)3/h5-6H,7-8H2,1-4H3,(H,14,19)(H,17,18). The van der Waals surface area contributed by atoms with Gasteiger partial charge in [0.05, 0.1) is 12.0 Å². The van der Waals surface area contributed by atoms with Crippen LogP contribution in [-0.4, -0.2) is 45.2 Å². The molecule has 2 N–H and O–H groups in total. The molecule has 0 saturated heterocycles. The lowest BCUT2D eigenvalue weighted by atomic mass is 9.94. The quantitative estimate of drug-likeness (QED) is 0.821. The lowest BCUT2D eigenvalue weighted by Gasteiger charge is -2.23. The van der Waals surface area contributed by atoms with E-state index in [1.165, 1.54) is 4.90 Å². The number of urea groups is 1. The molecule has 1 heterocycles. The fourth-order valence-corrected chi connectivity index (χ4v) is 1.34. The molecule has 1 rings (SSSR count). The molecule has 0 fully saturated rings. The van der Waals surface area contributed by atoms with Crippen molar-refractivity contribution in [3.8, 4) is 0 Å². The fourth-order valence-electron chi connectivity index (χ4n) is 1.34. The first-order valence-electron chi connectivity index (χ1n) is 5.92. The van der Waals surface area contributed by atoms with Crippen LogP contribution in [0.1, 0.15) is 19.7 Å². The molecule has 1 aromatic heterocycles. The molecule has 2 amide bonds. The van der Waals surface area contributed by atoms with E-state index in [1.54, 1.807) is 33.3 Å². The SMILES string of the molecule is CN(Cc1nccn1C)C(=O)NCC(C)(C)C(=O)O. The van der Waals surface area contributed by atoms with Crippen LogP contribution in [0.25, 0.3) is 0 Å². The Morgan fingerprint density at radius 2 is 2.16 bits per heavy atom. The van der Waals surface area contributed by atoms with Crippen LogP contribution in [0.4, 0.5) is 4.79 Å². The van der Waals surface area contributed by atoms with Gasteiger partial charge in [-0.1, -0.05) is 0 Å². The molecule has 0 saturated carbocycles. The summed E-state index contributed by atoms with van der Waals surface area (Å²) in [6, 6.07) is -0.322. The van der Waals surface area contributed by atoms with Gasteiger partial charge in [0, 0.05) is 33.0 Å². The summed E-state index contributed by atoms with van der Waals surface area (Å²) in [6.45, 7) is 3.57. The molecule has 7 heteroatoms. The van der Waals surface area contributed by atoms with E-state index in [0.29, 0.717) is 6.54 Å². The van der Waals surface area contributed by atoms with Gasteiger partial charge in [-0.2, -0.15) is 0 Å². The van der Waals surface area contributed by atoms with Crippen LogP contribution in [0.15, 0.2) is 12.4 Å². The summed E-state index contributed by atoms with van der Waals surface area (Å²) >= 11 is 0. The summed E-state index contributed by atoms with van der Waals surface area (Å²) in [5.41, 5.74) is -0.986. The second-order valence-electron chi connectivity index (χ2n) is 5.16. The van der Waals surface area contributed by atoms with E-state index >= 15 is 0 Å². The van der Waals surface area contributed by atoms with Crippen molar-refractivity contribution in [2.24, 2.45) is 12.5 Å². The molecule has 0 aliphatic carbocycles. The van der Waals surface area contributed by atoms with Crippen LogP contribution in [0.5, 0.6) is 0 Å². The van der Waals surface area contributed by atoms with E-state index in [4.69, 9.17) is 5.11 Å². The molecule has 7 nitrogen and oxygen atoms in total. The number of carboxylic acid groups (broad SMARTS) is 1. The fraction of sp³-hybridized carbons (Fsp3) is 0.583. The topological polar surface area (TPSA) is 87.5 Å². The number of aromatic nitrogens is 2. The van der Waals surface area contributed by atoms with Crippen LogP contribution in [0.2, 0.25) is 0 Å². The summed E-state index contributed by atoms with van der Waals surface area (Å²) in [5.74, 6) is -0.185. The Morgan fingerprint density at radius 1 is 1.53 bits per heavy atom. The monoisotopic (exact) mass is 268 g/mol. The highest BCUT2D eigenvalue weighted by Gasteiger charge is 2.28. The smallest absolute Gasteiger partial charge is 0.317 e. The number of amides is 2. The van der Waals surface area contributed by atoms with E-state index in [2.05, 4.69) is 10.3 Å². The number of aliphatic carboxylic acids is 1. The molecule has 106 valence electrons. The summed E-state index contributed by atoms with van der Waals surface area (Å²) < 4.78 is 1.82. The zero-order valence-electron chi connectivity index (χ0n) is 11.7. The van der Waals surface area contributed by atoms with Crippen LogP contribution < -0.4 is 5.32 Å². The van der Waals surface area contributed by atoms with E-state index in [0.717, 1.165) is 5.82 Å². The van der Waals surface area contributed by atoms with Gasteiger partial charge in [0.2, 0.25) is 0 Å². The first kappa shape index (κ1) is 15.0. The van der Waals surface area contributed by atoms with Crippen molar-refractivity contribution in [2.45, 2.75) is 20.4 Å². The van der Waals surface area contributed by atoms with Crippen LogP contribution in [-0.2, 0) is 18.4 Å². The molecular formula is C12H20N4O3. The van der Waals surface area contributed by atoms with Gasteiger partial charge < -0.3 is 19.9 Å². The number of nitrogens with one attached hydrogen (secondary N) is 1. The summed E-state index contributed by atoms with van der Waals surface area (Å²) in [6.07, 6.45) is 3.46. The highest BCUT2D eigenvalue weighted by molar-refractivity contribution is 5.77. The maximum absolute atomic E-state index is 11.8. The molecular weight excluding hydrogens is 248 g/mol. The van der Waals surface area contributed by atoms with Gasteiger partial charge in [-0.05, 0) is 13.8 Å². The van der Waals surface area contributed by atoms with Crippen LogP contribution in [0, 0.1) is 5.41 Å². The van der Waals surface area contributed by atoms with Gasteiger partial charge in [-0.3, -0.25) is 4.79 Å².